The summed E-state index contributed by atoms with van der Waals surface area (Å²) in [6.07, 6.45) is 2.11. The maximum atomic E-state index is 11.6. The lowest BCUT2D eigenvalue weighted by molar-refractivity contribution is -0.123. The van der Waals surface area contributed by atoms with Gasteiger partial charge in [-0.05, 0) is 32.1 Å². The molecule has 1 aliphatic heterocycles. The molecule has 1 fully saturated rings. The number of rotatable bonds is 5. The highest BCUT2D eigenvalue weighted by Crippen LogP contribution is 2.06. The van der Waals surface area contributed by atoms with Gasteiger partial charge in [0.25, 0.3) is 0 Å². The Balaban J connectivity index is 2.18. The molecular weight excluding hydrogens is 196 g/mol. The molecule has 0 bridgehead atoms. The fraction of sp³-hybridized carbons (Fsp3) is 0.900. The summed E-state index contributed by atoms with van der Waals surface area (Å²) in [6, 6.07) is 0.346. The molecule has 4 heteroatoms. The molecular formula is C10H20N2OS. The Morgan fingerprint density at radius 3 is 3.07 bits per heavy atom. The summed E-state index contributed by atoms with van der Waals surface area (Å²) in [7, 11) is 0. The molecule has 14 heavy (non-hydrogen) atoms. The van der Waals surface area contributed by atoms with Crippen molar-refractivity contribution >= 4 is 17.7 Å². The fourth-order valence-corrected chi connectivity index (χ4v) is 2.26. The van der Waals surface area contributed by atoms with Crippen LogP contribution in [0.3, 0.4) is 0 Å². The molecule has 1 saturated heterocycles. The van der Waals surface area contributed by atoms with Gasteiger partial charge in [0, 0.05) is 11.8 Å². The Hall–Kier alpha value is -0.220. The molecule has 2 atom stereocenters. The second-order valence-electron chi connectivity index (χ2n) is 3.72. The third kappa shape index (κ3) is 3.88. The van der Waals surface area contributed by atoms with Crippen molar-refractivity contribution in [3.8, 4) is 0 Å². The summed E-state index contributed by atoms with van der Waals surface area (Å²) in [5.41, 5.74) is 0. The second-order valence-corrected chi connectivity index (χ2v) is 5.04. The molecule has 1 amide bonds. The number of hydrogen-bond donors (Lipinski definition) is 2. The molecule has 2 unspecified atom stereocenters. The largest absolute Gasteiger partial charge is 0.351 e. The van der Waals surface area contributed by atoms with Crippen molar-refractivity contribution in [3.05, 3.63) is 0 Å². The Kier molecular flexibility index (Phi) is 5.33. The highest BCUT2D eigenvalue weighted by molar-refractivity contribution is 7.99. The zero-order valence-corrected chi connectivity index (χ0v) is 9.82. The van der Waals surface area contributed by atoms with E-state index in [2.05, 4.69) is 24.5 Å². The van der Waals surface area contributed by atoms with Crippen molar-refractivity contribution in [2.45, 2.75) is 38.8 Å². The minimum absolute atomic E-state index is 0.0593. The predicted molar refractivity (Wildman–Crippen MR) is 61.6 cm³/mol. The van der Waals surface area contributed by atoms with Crippen LogP contribution in [0.5, 0.6) is 0 Å². The maximum Gasteiger partial charge on any atom is 0.237 e. The Morgan fingerprint density at radius 2 is 2.50 bits per heavy atom. The first-order chi connectivity index (χ1) is 6.74. The molecule has 0 aromatic carbocycles. The standard InChI is InChI=1S/C10H20N2OS/c1-3-14-7-8(2)12-10(13)9-5-4-6-11-9/h8-9,11H,3-7H2,1-2H3,(H,12,13). The lowest BCUT2D eigenvalue weighted by Crippen LogP contribution is -2.45. The van der Waals surface area contributed by atoms with E-state index in [-0.39, 0.29) is 18.0 Å². The number of carbonyl (C=O) groups excluding carboxylic acids is 1. The maximum absolute atomic E-state index is 11.6. The molecule has 0 radical (unpaired) electrons. The van der Waals surface area contributed by atoms with E-state index in [1.807, 2.05) is 11.8 Å². The first-order valence-electron chi connectivity index (χ1n) is 5.35. The first kappa shape index (κ1) is 11.9. The van der Waals surface area contributed by atoms with Gasteiger partial charge < -0.3 is 10.6 Å². The Bertz CT molecular complexity index is 181. The van der Waals surface area contributed by atoms with Crippen LogP contribution >= 0.6 is 11.8 Å². The van der Waals surface area contributed by atoms with Gasteiger partial charge in [0.05, 0.1) is 6.04 Å². The number of nitrogens with one attached hydrogen (secondary N) is 2. The van der Waals surface area contributed by atoms with Crippen LogP contribution in [0, 0.1) is 0 Å². The van der Waals surface area contributed by atoms with Crippen molar-refractivity contribution in [3.63, 3.8) is 0 Å². The Morgan fingerprint density at radius 1 is 1.71 bits per heavy atom. The van der Waals surface area contributed by atoms with Crippen LogP contribution in [-0.2, 0) is 4.79 Å². The van der Waals surface area contributed by atoms with E-state index in [0.717, 1.165) is 30.9 Å². The molecule has 1 rings (SSSR count). The average Bonchev–Trinajstić information content (AvgIpc) is 2.67. The minimum atomic E-state index is 0.0593. The summed E-state index contributed by atoms with van der Waals surface area (Å²) in [5, 5.41) is 6.23. The normalized spacial score (nSPS) is 23.4. The van der Waals surface area contributed by atoms with Crippen molar-refractivity contribution < 1.29 is 4.79 Å². The van der Waals surface area contributed by atoms with Crippen LogP contribution in [0.15, 0.2) is 0 Å². The number of amides is 1. The fourth-order valence-electron chi connectivity index (χ4n) is 1.59. The van der Waals surface area contributed by atoms with Crippen LogP contribution in [0.25, 0.3) is 0 Å². The van der Waals surface area contributed by atoms with Gasteiger partial charge in [-0.25, -0.2) is 0 Å². The summed E-state index contributed by atoms with van der Waals surface area (Å²) >= 11 is 1.87. The van der Waals surface area contributed by atoms with Crippen LogP contribution in [-0.4, -0.2) is 36.0 Å². The molecule has 0 aromatic rings. The average molecular weight is 216 g/mol. The van der Waals surface area contributed by atoms with Crippen LogP contribution < -0.4 is 10.6 Å². The zero-order chi connectivity index (χ0) is 10.4. The van der Waals surface area contributed by atoms with E-state index in [0.29, 0.717) is 0 Å². The van der Waals surface area contributed by atoms with Gasteiger partial charge in [0.1, 0.15) is 0 Å². The van der Waals surface area contributed by atoms with Crippen LogP contribution in [0.2, 0.25) is 0 Å². The van der Waals surface area contributed by atoms with E-state index >= 15 is 0 Å². The molecule has 3 nitrogen and oxygen atoms in total. The summed E-state index contributed by atoms with van der Waals surface area (Å²) in [6.45, 7) is 5.18. The SMILES string of the molecule is CCSCC(C)NC(=O)C1CCCN1. The van der Waals surface area contributed by atoms with Gasteiger partial charge >= 0.3 is 0 Å². The van der Waals surface area contributed by atoms with Crippen molar-refractivity contribution in [2.24, 2.45) is 0 Å². The molecule has 2 N–H and O–H groups in total. The molecule has 1 heterocycles. The van der Waals surface area contributed by atoms with Crippen molar-refractivity contribution in [1.82, 2.24) is 10.6 Å². The smallest absolute Gasteiger partial charge is 0.237 e. The monoisotopic (exact) mass is 216 g/mol. The molecule has 0 aromatic heterocycles. The van der Waals surface area contributed by atoms with Crippen molar-refractivity contribution in [1.29, 1.82) is 0 Å². The van der Waals surface area contributed by atoms with Gasteiger partial charge in [-0.3, -0.25) is 4.79 Å². The summed E-state index contributed by atoms with van der Waals surface area (Å²) in [4.78, 5) is 11.6. The topological polar surface area (TPSA) is 41.1 Å². The van der Waals surface area contributed by atoms with Gasteiger partial charge in [-0.2, -0.15) is 11.8 Å². The van der Waals surface area contributed by atoms with Gasteiger partial charge in [-0.15, -0.1) is 0 Å². The molecule has 0 spiro atoms. The van der Waals surface area contributed by atoms with E-state index in [1.165, 1.54) is 0 Å². The third-order valence-corrected chi connectivity index (χ3v) is 3.48. The van der Waals surface area contributed by atoms with Crippen LogP contribution in [0.1, 0.15) is 26.7 Å². The zero-order valence-electron chi connectivity index (χ0n) is 9.01. The minimum Gasteiger partial charge on any atom is -0.351 e. The van der Waals surface area contributed by atoms with E-state index < -0.39 is 0 Å². The quantitative estimate of drug-likeness (QED) is 0.720. The first-order valence-corrected chi connectivity index (χ1v) is 6.51. The van der Waals surface area contributed by atoms with Gasteiger partial charge in [0.2, 0.25) is 5.91 Å². The second kappa shape index (κ2) is 6.30. The summed E-state index contributed by atoms with van der Waals surface area (Å²) in [5.74, 6) is 2.29. The van der Waals surface area contributed by atoms with Gasteiger partial charge in [-0.1, -0.05) is 6.92 Å². The van der Waals surface area contributed by atoms with Gasteiger partial charge in [0.15, 0.2) is 0 Å². The number of carbonyl (C=O) groups is 1. The number of hydrogen-bond acceptors (Lipinski definition) is 3. The lowest BCUT2D eigenvalue weighted by Gasteiger charge is -2.16. The summed E-state index contributed by atoms with van der Waals surface area (Å²) < 4.78 is 0. The molecule has 0 saturated carbocycles. The number of thioether (sulfide) groups is 1. The molecule has 82 valence electrons. The van der Waals surface area contributed by atoms with E-state index in [9.17, 15) is 4.79 Å². The van der Waals surface area contributed by atoms with E-state index in [1.54, 1.807) is 0 Å². The highest BCUT2D eigenvalue weighted by Gasteiger charge is 2.22. The molecule has 1 aliphatic rings. The third-order valence-electron chi connectivity index (χ3n) is 2.34. The predicted octanol–water partition coefficient (Wildman–Crippen LogP) is 0.996. The van der Waals surface area contributed by atoms with Crippen LogP contribution in [0.4, 0.5) is 0 Å². The lowest BCUT2D eigenvalue weighted by atomic mass is 10.2. The van der Waals surface area contributed by atoms with E-state index in [4.69, 9.17) is 0 Å². The highest BCUT2D eigenvalue weighted by atomic mass is 32.2. The molecule has 0 aliphatic carbocycles. The Labute approximate surface area is 90.4 Å². The van der Waals surface area contributed by atoms with Crippen molar-refractivity contribution in [2.75, 3.05) is 18.1 Å².